The lowest BCUT2D eigenvalue weighted by Crippen LogP contribution is -2.27. The van der Waals surface area contributed by atoms with Crippen molar-refractivity contribution >= 4 is 0 Å². The third-order valence-corrected chi connectivity index (χ3v) is 2.76. The van der Waals surface area contributed by atoms with E-state index in [-0.39, 0.29) is 0 Å². The minimum absolute atomic E-state index is 0.294. The third-order valence-electron chi connectivity index (χ3n) is 2.76. The molecule has 0 aromatic heterocycles. The van der Waals surface area contributed by atoms with Crippen molar-refractivity contribution < 1.29 is 0 Å². The predicted octanol–water partition coefficient (Wildman–Crippen LogP) is 2.58. The van der Waals surface area contributed by atoms with Crippen molar-refractivity contribution in [2.75, 3.05) is 0 Å². The van der Waals surface area contributed by atoms with Gasteiger partial charge in [0, 0.05) is 5.92 Å². The van der Waals surface area contributed by atoms with Crippen molar-refractivity contribution in [3.05, 3.63) is 0 Å². The third kappa shape index (κ3) is 1.31. The van der Waals surface area contributed by atoms with Crippen molar-refractivity contribution in [3.63, 3.8) is 0 Å². The number of nitrogens with zero attached hydrogens (tertiary/aromatic N) is 1. The van der Waals surface area contributed by atoms with Gasteiger partial charge in [-0.05, 0) is 31.6 Å². The van der Waals surface area contributed by atoms with E-state index >= 15 is 0 Å². The van der Waals surface area contributed by atoms with Gasteiger partial charge in [-0.1, -0.05) is 13.3 Å². The first-order valence-electron chi connectivity index (χ1n) is 4.17. The summed E-state index contributed by atoms with van der Waals surface area (Å²) < 4.78 is 0. The molecule has 0 aromatic carbocycles. The van der Waals surface area contributed by atoms with Gasteiger partial charge in [0.25, 0.3) is 0 Å². The quantitative estimate of drug-likeness (QED) is 0.574. The normalized spacial score (nSPS) is 34.1. The second-order valence-electron chi connectivity index (χ2n) is 3.42. The lowest BCUT2D eigenvalue weighted by molar-refractivity contribution is 0.153. The molecular formula is C9H15N. The fourth-order valence-electron chi connectivity index (χ4n) is 1.63. The Hall–Kier alpha value is -0.510. The van der Waals surface area contributed by atoms with Crippen molar-refractivity contribution in [1.82, 2.24) is 0 Å². The summed E-state index contributed by atoms with van der Waals surface area (Å²) in [6.45, 7) is 4.27. The molecule has 0 N–H and O–H groups in total. The summed E-state index contributed by atoms with van der Waals surface area (Å²) >= 11 is 0. The van der Waals surface area contributed by atoms with Crippen LogP contribution in [-0.2, 0) is 0 Å². The first-order chi connectivity index (χ1) is 4.77. The molecule has 0 bridgehead atoms. The molecule has 0 heterocycles. The molecule has 1 rings (SSSR count). The second-order valence-corrected chi connectivity index (χ2v) is 3.42. The van der Waals surface area contributed by atoms with Gasteiger partial charge in [-0.2, -0.15) is 5.26 Å². The van der Waals surface area contributed by atoms with E-state index in [1.807, 2.05) is 6.92 Å². The molecule has 1 saturated carbocycles. The average molecular weight is 137 g/mol. The van der Waals surface area contributed by atoms with Gasteiger partial charge in [0.05, 0.1) is 6.07 Å². The summed E-state index contributed by atoms with van der Waals surface area (Å²) in [7, 11) is 0. The molecule has 1 atom stereocenters. The Morgan fingerprint density at radius 1 is 1.60 bits per heavy atom. The fourth-order valence-corrected chi connectivity index (χ4v) is 1.63. The maximum absolute atomic E-state index is 8.58. The van der Waals surface area contributed by atoms with Crippen LogP contribution in [0.1, 0.15) is 33.1 Å². The van der Waals surface area contributed by atoms with Crippen LogP contribution in [0.5, 0.6) is 0 Å². The van der Waals surface area contributed by atoms with E-state index in [9.17, 15) is 0 Å². The van der Waals surface area contributed by atoms with Gasteiger partial charge in [0.1, 0.15) is 0 Å². The summed E-state index contributed by atoms with van der Waals surface area (Å²) in [5.41, 5.74) is 0. The fraction of sp³-hybridized carbons (Fsp3) is 0.889. The van der Waals surface area contributed by atoms with Crippen molar-refractivity contribution in [3.8, 4) is 6.07 Å². The summed E-state index contributed by atoms with van der Waals surface area (Å²) in [4.78, 5) is 0. The zero-order valence-electron chi connectivity index (χ0n) is 6.80. The monoisotopic (exact) mass is 137 g/mol. The van der Waals surface area contributed by atoms with Crippen LogP contribution in [0, 0.1) is 29.1 Å². The summed E-state index contributed by atoms with van der Waals surface area (Å²) in [5, 5.41) is 8.58. The largest absolute Gasteiger partial charge is 0.198 e. The van der Waals surface area contributed by atoms with Gasteiger partial charge >= 0.3 is 0 Å². The highest BCUT2D eigenvalue weighted by atomic mass is 14.4. The summed E-state index contributed by atoms with van der Waals surface area (Å²) in [6, 6.07) is 2.31. The van der Waals surface area contributed by atoms with Gasteiger partial charge in [-0.25, -0.2) is 0 Å². The van der Waals surface area contributed by atoms with E-state index in [1.165, 1.54) is 19.3 Å². The Morgan fingerprint density at radius 2 is 2.20 bits per heavy atom. The molecular weight excluding hydrogens is 122 g/mol. The molecule has 1 nitrogen and oxygen atoms in total. The highest BCUT2D eigenvalue weighted by Crippen LogP contribution is 2.40. The molecule has 0 radical (unpaired) electrons. The van der Waals surface area contributed by atoms with Crippen molar-refractivity contribution in [2.24, 2.45) is 17.8 Å². The Labute approximate surface area is 63.0 Å². The number of nitriles is 1. The molecule has 0 amide bonds. The first-order valence-corrected chi connectivity index (χ1v) is 4.17. The molecule has 1 aliphatic rings. The number of rotatable bonds is 2. The Kier molecular flexibility index (Phi) is 2.32. The topological polar surface area (TPSA) is 23.8 Å². The molecule has 0 saturated heterocycles. The average Bonchev–Trinajstić information content (AvgIpc) is 1.85. The molecule has 1 fully saturated rings. The lowest BCUT2D eigenvalue weighted by Gasteiger charge is -2.36. The smallest absolute Gasteiger partial charge is 0.0655 e. The second kappa shape index (κ2) is 3.05. The number of hydrogen-bond acceptors (Lipinski definition) is 1. The van der Waals surface area contributed by atoms with Crippen LogP contribution in [0.2, 0.25) is 0 Å². The molecule has 1 aliphatic carbocycles. The highest BCUT2D eigenvalue weighted by Gasteiger charge is 2.31. The molecule has 0 spiro atoms. The van der Waals surface area contributed by atoms with Crippen molar-refractivity contribution in [1.29, 1.82) is 5.26 Å². The predicted molar refractivity (Wildman–Crippen MR) is 41.3 cm³/mol. The zero-order chi connectivity index (χ0) is 7.56. The Bertz CT molecular complexity index is 139. The minimum atomic E-state index is 0.294. The van der Waals surface area contributed by atoms with Gasteiger partial charge in [-0.3, -0.25) is 0 Å². The molecule has 1 unspecified atom stereocenters. The van der Waals surface area contributed by atoms with E-state index in [2.05, 4.69) is 13.0 Å². The zero-order valence-corrected chi connectivity index (χ0v) is 6.80. The summed E-state index contributed by atoms with van der Waals surface area (Å²) in [5.74, 6) is 1.94. The van der Waals surface area contributed by atoms with Gasteiger partial charge in [0.2, 0.25) is 0 Å². The molecule has 10 heavy (non-hydrogen) atoms. The van der Waals surface area contributed by atoms with Crippen LogP contribution in [0.3, 0.4) is 0 Å². The molecule has 56 valence electrons. The minimum Gasteiger partial charge on any atom is -0.198 e. The van der Waals surface area contributed by atoms with Crippen LogP contribution < -0.4 is 0 Å². The van der Waals surface area contributed by atoms with Gasteiger partial charge in [0.15, 0.2) is 0 Å². The van der Waals surface area contributed by atoms with Gasteiger partial charge < -0.3 is 0 Å². The van der Waals surface area contributed by atoms with Crippen LogP contribution in [-0.4, -0.2) is 0 Å². The lowest BCUT2D eigenvalue weighted by atomic mass is 9.68. The van der Waals surface area contributed by atoms with E-state index in [1.54, 1.807) is 0 Å². The van der Waals surface area contributed by atoms with Gasteiger partial charge in [-0.15, -0.1) is 0 Å². The van der Waals surface area contributed by atoms with E-state index < -0.39 is 0 Å². The maximum Gasteiger partial charge on any atom is 0.0655 e. The highest BCUT2D eigenvalue weighted by molar-refractivity contribution is 4.91. The van der Waals surface area contributed by atoms with Crippen LogP contribution >= 0.6 is 0 Å². The Balaban J connectivity index is 2.21. The SMILES string of the molecule is CCC1CC(C(C)C#N)C1. The van der Waals surface area contributed by atoms with Crippen LogP contribution in [0.25, 0.3) is 0 Å². The van der Waals surface area contributed by atoms with Crippen LogP contribution in [0.4, 0.5) is 0 Å². The van der Waals surface area contributed by atoms with E-state index in [0.717, 1.165) is 11.8 Å². The molecule has 0 aliphatic heterocycles. The Morgan fingerprint density at radius 3 is 2.60 bits per heavy atom. The molecule has 1 heteroatoms. The van der Waals surface area contributed by atoms with Crippen molar-refractivity contribution in [2.45, 2.75) is 33.1 Å². The maximum atomic E-state index is 8.58. The van der Waals surface area contributed by atoms with E-state index in [0.29, 0.717) is 5.92 Å². The first kappa shape index (κ1) is 7.60. The van der Waals surface area contributed by atoms with E-state index in [4.69, 9.17) is 5.26 Å². The standard InChI is InChI=1S/C9H15N/c1-3-8-4-9(5-8)7(2)6-10/h7-9H,3-5H2,1-2H3. The van der Waals surface area contributed by atoms with Crippen LogP contribution in [0.15, 0.2) is 0 Å². The summed E-state index contributed by atoms with van der Waals surface area (Å²) in [6.07, 6.45) is 3.89. The number of hydrogen-bond donors (Lipinski definition) is 0. The molecule has 0 aromatic rings.